The molecule has 9 heteroatoms. The van der Waals surface area contributed by atoms with Gasteiger partial charge in [0.1, 0.15) is 6.04 Å². The fourth-order valence-corrected chi connectivity index (χ4v) is 1.45. The highest BCUT2D eigenvalue weighted by atomic mass is 19.4. The number of hydrogen-bond acceptors (Lipinski definition) is 3. The topological polar surface area (TPSA) is 98.7 Å². The van der Waals surface area contributed by atoms with Crippen LogP contribution in [0.15, 0.2) is 24.3 Å². The fraction of sp³-hybridized carbons (Fsp3) is 0.333. The van der Waals surface area contributed by atoms with Crippen molar-refractivity contribution in [2.24, 2.45) is 0 Å². The minimum atomic E-state index is -4.48. The number of carboxylic acid groups (broad SMARTS) is 1. The molecule has 0 unspecified atom stereocenters. The average molecular weight is 306 g/mol. The minimum Gasteiger partial charge on any atom is -0.480 e. The Morgan fingerprint density at radius 1 is 1.19 bits per heavy atom. The summed E-state index contributed by atoms with van der Waals surface area (Å²) in [4.78, 5) is 22.2. The number of aliphatic hydroxyl groups excluding tert-OH is 1. The highest BCUT2D eigenvalue weighted by Gasteiger charge is 2.30. The molecule has 0 fully saturated rings. The maximum absolute atomic E-state index is 12.3. The molecule has 0 bridgehead atoms. The van der Waals surface area contributed by atoms with Crippen LogP contribution >= 0.6 is 0 Å². The van der Waals surface area contributed by atoms with Crippen LogP contribution in [-0.2, 0) is 11.0 Å². The van der Waals surface area contributed by atoms with E-state index in [0.29, 0.717) is 0 Å². The lowest BCUT2D eigenvalue weighted by atomic mass is 10.2. The number of halogens is 3. The van der Waals surface area contributed by atoms with Gasteiger partial charge in [0.05, 0.1) is 5.56 Å². The van der Waals surface area contributed by atoms with E-state index < -0.39 is 36.4 Å². The van der Waals surface area contributed by atoms with E-state index in [-0.39, 0.29) is 12.1 Å². The lowest BCUT2D eigenvalue weighted by Gasteiger charge is -2.14. The highest BCUT2D eigenvalue weighted by Crippen LogP contribution is 2.29. The van der Waals surface area contributed by atoms with Crippen LogP contribution in [0.3, 0.4) is 0 Å². The summed E-state index contributed by atoms with van der Waals surface area (Å²) in [5.41, 5.74) is -0.786. The van der Waals surface area contributed by atoms with Crippen molar-refractivity contribution in [3.63, 3.8) is 0 Å². The van der Waals surface area contributed by atoms with Gasteiger partial charge < -0.3 is 20.8 Å². The number of carbonyl (C=O) groups excluding carboxylic acids is 1. The number of rotatable bonds is 5. The normalized spacial score (nSPS) is 12.6. The molecule has 0 aromatic heterocycles. The number of hydrogen-bond donors (Lipinski definition) is 4. The number of benzene rings is 1. The number of urea groups is 1. The second-order valence-electron chi connectivity index (χ2n) is 4.08. The van der Waals surface area contributed by atoms with E-state index in [1.165, 1.54) is 0 Å². The minimum absolute atomic E-state index is 0.0774. The molecular formula is C12H13F3N2O4. The fourth-order valence-electron chi connectivity index (χ4n) is 1.45. The molecule has 4 N–H and O–H groups in total. The third kappa shape index (κ3) is 5.30. The molecule has 0 aliphatic rings. The first-order chi connectivity index (χ1) is 9.74. The van der Waals surface area contributed by atoms with E-state index in [1.807, 2.05) is 0 Å². The Labute approximate surface area is 117 Å². The number of alkyl halides is 3. The zero-order valence-corrected chi connectivity index (χ0v) is 10.6. The van der Waals surface area contributed by atoms with Crippen molar-refractivity contribution in [2.75, 3.05) is 11.9 Å². The summed E-state index contributed by atoms with van der Waals surface area (Å²) in [6, 6.07) is 1.49. The molecule has 116 valence electrons. The van der Waals surface area contributed by atoms with Crippen molar-refractivity contribution in [3.8, 4) is 0 Å². The van der Waals surface area contributed by atoms with Gasteiger partial charge in [-0.2, -0.15) is 13.2 Å². The molecule has 0 aliphatic carbocycles. The van der Waals surface area contributed by atoms with Crippen molar-refractivity contribution < 1.29 is 33.0 Å². The quantitative estimate of drug-likeness (QED) is 0.665. The van der Waals surface area contributed by atoms with E-state index in [2.05, 4.69) is 10.6 Å². The number of aliphatic carboxylic acids is 1. The Morgan fingerprint density at radius 3 is 2.19 bits per heavy atom. The van der Waals surface area contributed by atoms with Gasteiger partial charge in [0.15, 0.2) is 0 Å². The van der Waals surface area contributed by atoms with Crippen LogP contribution in [0.2, 0.25) is 0 Å². The zero-order valence-electron chi connectivity index (χ0n) is 10.6. The Kier molecular flexibility index (Phi) is 5.53. The molecular weight excluding hydrogens is 293 g/mol. The predicted molar refractivity (Wildman–Crippen MR) is 66.7 cm³/mol. The molecule has 0 heterocycles. The lowest BCUT2D eigenvalue weighted by Crippen LogP contribution is -2.43. The predicted octanol–water partition coefficient (Wildman–Crippen LogP) is 1.66. The van der Waals surface area contributed by atoms with E-state index in [1.54, 1.807) is 0 Å². The Balaban J connectivity index is 2.64. The summed E-state index contributed by atoms with van der Waals surface area (Å²) in [7, 11) is 0. The molecule has 0 aliphatic heterocycles. The zero-order chi connectivity index (χ0) is 16.0. The van der Waals surface area contributed by atoms with Crippen molar-refractivity contribution in [3.05, 3.63) is 29.8 Å². The van der Waals surface area contributed by atoms with E-state index in [0.717, 1.165) is 24.3 Å². The number of carboxylic acids is 1. The van der Waals surface area contributed by atoms with E-state index >= 15 is 0 Å². The Hall–Kier alpha value is -2.29. The summed E-state index contributed by atoms with van der Waals surface area (Å²) in [6.07, 6.45) is -4.66. The Bertz CT molecular complexity index is 502. The van der Waals surface area contributed by atoms with Gasteiger partial charge in [-0.25, -0.2) is 9.59 Å². The summed E-state index contributed by atoms with van der Waals surface area (Å²) >= 11 is 0. The van der Waals surface area contributed by atoms with Gasteiger partial charge in [0.2, 0.25) is 0 Å². The van der Waals surface area contributed by atoms with Crippen molar-refractivity contribution in [2.45, 2.75) is 18.6 Å². The molecule has 21 heavy (non-hydrogen) atoms. The number of aliphatic hydroxyl groups is 1. The van der Waals surface area contributed by atoms with Crippen molar-refractivity contribution in [1.82, 2.24) is 5.32 Å². The van der Waals surface area contributed by atoms with Crippen LogP contribution < -0.4 is 10.6 Å². The molecule has 1 rings (SSSR count). The van der Waals surface area contributed by atoms with Gasteiger partial charge in [0, 0.05) is 18.7 Å². The first-order valence-corrected chi connectivity index (χ1v) is 5.82. The van der Waals surface area contributed by atoms with Gasteiger partial charge in [0.25, 0.3) is 0 Å². The van der Waals surface area contributed by atoms with E-state index in [4.69, 9.17) is 10.2 Å². The van der Waals surface area contributed by atoms with Crippen molar-refractivity contribution >= 4 is 17.7 Å². The van der Waals surface area contributed by atoms with Gasteiger partial charge in [-0.15, -0.1) is 0 Å². The smallest absolute Gasteiger partial charge is 0.416 e. The molecule has 0 saturated carbocycles. The van der Waals surface area contributed by atoms with Crippen LogP contribution in [0.25, 0.3) is 0 Å². The number of anilines is 1. The summed E-state index contributed by atoms with van der Waals surface area (Å²) in [5, 5.41) is 21.7. The first-order valence-electron chi connectivity index (χ1n) is 5.82. The van der Waals surface area contributed by atoms with Gasteiger partial charge in [-0.05, 0) is 24.3 Å². The average Bonchev–Trinajstić information content (AvgIpc) is 2.37. The molecule has 1 aromatic rings. The summed E-state index contributed by atoms with van der Waals surface area (Å²) in [6.45, 7) is -0.433. The van der Waals surface area contributed by atoms with Gasteiger partial charge in [-0.1, -0.05) is 0 Å². The number of amides is 2. The summed E-state index contributed by atoms with van der Waals surface area (Å²) in [5.74, 6) is -1.33. The lowest BCUT2D eigenvalue weighted by molar-refractivity contribution is -0.139. The standard InChI is InChI=1S/C12H13F3N2O4/c13-12(14,15)7-1-3-8(4-2-7)16-11(21)17-9(5-6-18)10(19)20/h1-4,9,18H,5-6H2,(H,19,20)(H2,16,17,21)/t9-/m1/s1. The monoisotopic (exact) mass is 306 g/mol. The molecule has 1 aromatic carbocycles. The van der Waals surface area contributed by atoms with Crippen LogP contribution in [0.4, 0.5) is 23.7 Å². The van der Waals surface area contributed by atoms with Gasteiger partial charge in [-0.3, -0.25) is 0 Å². The summed E-state index contributed by atoms with van der Waals surface area (Å²) < 4.78 is 37.0. The second kappa shape index (κ2) is 6.93. The van der Waals surface area contributed by atoms with E-state index in [9.17, 15) is 22.8 Å². The molecule has 0 spiro atoms. The first kappa shape index (κ1) is 16.8. The SMILES string of the molecule is O=C(Nc1ccc(C(F)(F)F)cc1)N[C@H](CCO)C(=O)O. The van der Waals surface area contributed by atoms with Crippen LogP contribution in [0, 0.1) is 0 Å². The maximum atomic E-state index is 12.3. The largest absolute Gasteiger partial charge is 0.480 e. The molecule has 6 nitrogen and oxygen atoms in total. The number of carbonyl (C=O) groups is 2. The van der Waals surface area contributed by atoms with Crippen LogP contribution in [-0.4, -0.2) is 34.9 Å². The highest BCUT2D eigenvalue weighted by molar-refractivity contribution is 5.92. The Morgan fingerprint density at radius 2 is 1.76 bits per heavy atom. The molecule has 0 radical (unpaired) electrons. The molecule has 0 saturated heterocycles. The number of nitrogens with one attached hydrogen (secondary N) is 2. The maximum Gasteiger partial charge on any atom is 0.416 e. The third-order valence-corrected chi connectivity index (χ3v) is 2.49. The second-order valence-corrected chi connectivity index (χ2v) is 4.08. The van der Waals surface area contributed by atoms with Crippen LogP contribution in [0.5, 0.6) is 0 Å². The van der Waals surface area contributed by atoms with Gasteiger partial charge >= 0.3 is 18.2 Å². The van der Waals surface area contributed by atoms with Crippen molar-refractivity contribution in [1.29, 1.82) is 0 Å². The van der Waals surface area contributed by atoms with Crippen LogP contribution in [0.1, 0.15) is 12.0 Å². The third-order valence-electron chi connectivity index (χ3n) is 2.49. The molecule has 1 atom stereocenters. The molecule has 2 amide bonds.